The normalized spacial score (nSPS) is 48.0. The van der Waals surface area contributed by atoms with Gasteiger partial charge in [-0.25, -0.2) is 0 Å². The first-order valence-corrected chi connectivity index (χ1v) is 4.06. The van der Waals surface area contributed by atoms with Crippen molar-refractivity contribution in [3.05, 3.63) is 0 Å². The molecule has 0 aromatic heterocycles. The van der Waals surface area contributed by atoms with Gasteiger partial charge in [-0.3, -0.25) is 0 Å². The number of likely N-dealkylation sites (N-methyl/N-ethyl adjacent to an activating group) is 1. The van der Waals surface area contributed by atoms with Crippen LogP contribution in [0.1, 0.15) is 19.8 Å². The van der Waals surface area contributed by atoms with E-state index in [0.717, 1.165) is 19.2 Å². The molecule has 0 saturated carbocycles. The Morgan fingerprint density at radius 1 is 1.60 bits per heavy atom. The van der Waals surface area contributed by atoms with Crippen LogP contribution in [0.2, 0.25) is 0 Å². The molecule has 2 heteroatoms. The highest BCUT2D eigenvalue weighted by Gasteiger charge is 2.46. The summed E-state index contributed by atoms with van der Waals surface area (Å²) < 4.78 is 5.58. The van der Waals surface area contributed by atoms with Gasteiger partial charge in [0.2, 0.25) is 0 Å². The summed E-state index contributed by atoms with van der Waals surface area (Å²) in [5, 5.41) is 0. The molecule has 2 atom stereocenters. The summed E-state index contributed by atoms with van der Waals surface area (Å²) in [4.78, 5) is 2.39. The predicted octanol–water partition coefficient (Wildman–Crippen LogP) is 0.870. The van der Waals surface area contributed by atoms with Crippen LogP contribution in [0.4, 0.5) is 0 Å². The van der Waals surface area contributed by atoms with Crippen molar-refractivity contribution in [1.29, 1.82) is 0 Å². The second-order valence-electron chi connectivity index (χ2n) is 3.75. The summed E-state index contributed by atoms with van der Waals surface area (Å²) in [6.45, 7) is 4.41. The smallest absolute Gasteiger partial charge is 0.0845 e. The van der Waals surface area contributed by atoms with Crippen molar-refractivity contribution in [2.24, 2.45) is 0 Å². The topological polar surface area (TPSA) is 12.5 Å². The van der Waals surface area contributed by atoms with Crippen molar-refractivity contribution in [3.63, 3.8) is 0 Å². The van der Waals surface area contributed by atoms with Gasteiger partial charge in [0.1, 0.15) is 0 Å². The van der Waals surface area contributed by atoms with E-state index in [4.69, 9.17) is 4.74 Å². The monoisotopic (exact) mass is 141 g/mol. The number of ether oxygens (including phenoxy) is 1. The molecule has 2 rings (SSSR count). The first kappa shape index (κ1) is 6.62. The number of likely N-dealkylation sites (tertiary alicyclic amines) is 1. The molecule has 10 heavy (non-hydrogen) atoms. The lowest BCUT2D eigenvalue weighted by molar-refractivity contribution is -0.136. The average Bonchev–Trinajstić information content (AvgIpc) is 2.08. The van der Waals surface area contributed by atoms with E-state index in [1.54, 1.807) is 0 Å². The molecule has 0 N–H and O–H groups in total. The van der Waals surface area contributed by atoms with Gasteiger partial charge in [0, 0.05) is 19.0 Å². The largest absolute Gasteiger partial charge is 0.373 e. The van der Waals surface area contributed by atoms with Crippen LogP contribution >= 0.6 is 0 Å². The highest BCUT2D eigenvalue weighted by molar-refractivity contribution is 4.98. The molecule has 0 radical (unpaired) electrons. The molecule has 2 aliphatic rings. The van der Waals surface area contributed by atoms with Crippen LogP contribution in [0.15, 0.2) is 0 Å². The molecule has 0 amide bonds. The van der Waals surface area contributed by atoms with E-state index in [1.165, 1.54) is 12.8 Å². The van der Waals surface area contributed by atoms with E-state index >= 15 is 0 Å². The van der Waals surface area contributed by atoms with Gasteiger partial charge >= 0.3 is 0 Å². The van der Waals surface area contributed by atoms with Crippen LogP contribution in [-0.2, 0) is 4.74 Å². The minimum atomic E-state index is 0.286. The zero-order valence-corrected chi connectivity index (χ0v) is 6.76. The van der Waals surface area contributed by atoms with Gasteiger partial charge in [0.25, 0.3) is 0 Å². The van der Waals surface area contributed by atoms with E-state index < -0.39 is 0 Å². The lowest BCUT2D eigenvalue weighted by Crippen LogP contribution is -2.45. The molecule has 2 fully saturated rings. The van der Waals surface area contributed by atoms with Crippen molar-refractivity contribution in [3.8, 4) is 0 Å². The van der Waals surface area contributed by atoms with Crippen LogP contribution in [-0.4, -0.2) is 36.7 Å². The fourth-order valence-corrected chi connectivity index (χ4v) is 2.05. The van der Waals surface area contributed by atoms with Gasteiger partial charge in [0.15, 0.2) is 0 Å². The third kappa shape index (κ3) is 0.789. The highest BCUT2D eigenvalue weighted by atomic mass is 16.5. The lowest BCUT2D eigenvalue weighted by Gasteiger charge is -2.38. The standard InChI is InChI=1S/C8H15NO/c1-7-5-8(3-4-10-8)6-9(7)2/h7H,3-6H2,1-2H3/t7-,8?/m1/s1. The van der Waals surface area contributed by atoms with Crippen molar-refractivity contribution in [2.75, 3.05) is 20.2 Å². The van der Waals surface area contributed by atoms with E-state index in [9.17, 15) is 0 Å². The number of nitrogens with zero attached hydrogens (tertiary/aromatic N) is 1. The fraction of sp³-hybridized carbons (Fsp3) is 1.00. The third-order valence-electron chi connectivity index (χ3n) is 2.92. The molecule has 0 bridgehead atoms. The molecule has 2 aliphatic heterocycles. The maximum Gasteiger partial charge on any atom is 0.0845 e. The average molecular weight is 141 g/mol. The molecular weight excluding hydrogens is 126 g/mol. The number of rotatable bonds is 0. The Hall–Kier alpha value is -0.0800. The summed E-state index contributed by atoms with van der Waals surface area (Å²) >= 11 is 0. The van der Waals surface area contributed by atoms with Crippen molar-refractivity contribution < 1.29 is 4.74 Å². The summed E-state index contributed by atoms with van der Waals surface area (Å²) in [6, 6.07) is 0.722. The van der Waals surface area contributed by atoms with Crippen molar-refractivity contribution >= 4 is 0 Å². The molecule has 0 aliphatic carbocycles. The molecular formula is C8H15NO. The summed E-state index contributed by atoms with van der Waals surface area (Å²) in [6.07, 6.45) is 2.52. The van der Waals surface area contributed by atoms with Gasteiger partial charge in [-0.05, 0) is 20.4 Å². The molecule has 1 spiro atoms. The zero-order valence-electron chi connectivity index (χ0n) is 6.76. The Balaban J connectivity index is 2.03. The summed E-state index contributed by atoms with van der Waals surface area (Å²) in [7, 11) is 2.18. The van der Waals surface area contributed by atoms with Crippen LogP contribution < -0.4 is 0 Å². The Morgan fingerprint density at radius 2 is 2.30 bits per heavy atom. The molecule has 58 valence electrons. The Labute approximate surface area is 62.2 Å². The SMILES string of the molecule is C[C@@H]1CC2(CCO2)CN1C. The molecule has 2 nitrogen and oxygen atoms in total. The molecule has 2 saturated heterocycles. The first-order valence-electron chi connectivity index (χ1n) is 4.06. The third-order valence-corrected chi connectivity index (χ3v) is 2.92. The van der Waals surface area contributed by atoms with Crippen LogP contribution in [0.25, 0.3) is 0 Å². The van der Waals surface area contributed by atoms with E-state index in [-0.39, 0.29) is 5.60 Å². The maximum absolute atomic E-state index is 5.58. The van der Waals surface area contributed by atoms with Crippen molar-refractivity contribution in [2.45, 2.75) is 31.4 Å². The van der Waals surface area contributed by atoms with E-state index in [1.807, 2.05) is 0 Å². The van der Waals surface area contributed by atoms with E-state index in [2.05, 4.69) is 18.9 Å². The summed E-state index contributed by atoms with van der Waals surface area (Å²) in [5.41, 5.74) is 0.286. The molecule has 0 aromatic carbocycles. The van der Waals surface area contributed by atoms with Crippen LogP contribution in [0.5, 0.6) is 0 Å². The van der Waals surface area contributed by atoms with Crippen LogP contribution in [0, 0.1) is 0 Å². The second kappa shape index (κ2) is 1.95. The fourth-order valence-electron chi connectivity index (χ4n) is 2.05. The zero-order chi connectivity index (χ0) is 7.19. The van der Waals surface area contributed by atoms with Crippen molar-refractivity contribution in [1.82, 2.24) is 4.90 Å². The first-order chi connectivity index (χ1) is 4.72. The quantitative estimate of drug-likeness (QED) is 0.496. The molecule has 0 aromatic rings. The van der Waals surface area contributed by atoms with E-state index in [0.29, 0.717) is 0 Å². The number of hydrogen-bond acceptors (Lipinski definition) is 2. The van der Waals surface area contributed by atoms with Gasteiger partial charge in [-0.1, -0.05) is 0 Å². The minimum absolute atomic E-state index is 0.286. The second-order valence-corrected chi connectivity index (χ2v) is 3.75. The summed E-state index contributed by atoms with van der Waals surface area (Å²) in [5.74, 6) is 0. The Kier molecular flexibility index (Phi) is 1.29. The maximum atomic E-state index is 5.58. The molecule has 1 unspecified atom stereocenters. The molecule has 2 heterocycles. The minimum Gasteiger partial charge on any atom is -0.373 e. The van der Waals surface area contributed by atoms with Crippen LogP contribution in [0.3, 0.4) is 0 Å². The highest BCUT2D eigenvalue weighted by Crippen LogP contribution is 2.38. The predicted molar refractivity (Wildman–Crippen MR) is 40.0 cm³/mol. The van der Waals surface area contributed by atoms with Gasteiger partial charge in [-0.2, -0.15) is 0 Å². The van der Waals surface area contributed by atoms with Gasteiger partial charge < -0.3 is 9.64 Å². The Bertz CT molecular complexity index is 130. The number of hydrogen-bond donors (Lipinski definition) is 0. The Morgan fingerprint density at radius 3 is 2.50 bits per heavy atom. The van der Waals surface area contributed by atoms with Gasteiger partial charge in [0.05, 0.1) is 12.2 Å². The van der Waals surface area contributed by atoms with Gasteiger partial charge in [-0.15, -0.1) is 0 Å². The lowest BCUT2D eigenvalue weighted by atomic mass is 9.92.